The molecule has 1 aromatic carbocycles. The smallest absolute Gasteiger partial charge is 0.338 e. The Hall–Kier alpha value is -1.84. The Morgan fingerprint density at radius 1 is 1.17 bits per heavy atom. The molecular formula is C19H27NO3. The molecule has 1 aliphatic carbocycles. The second kappa shape index (κ2) is 8.14. The van der Waals surface area contributed by atoms with Crippen LogP contribution >= 0.6 is 0 Å². The van der Waals surface area contributed by atoms with Crippen LogP contribution in [0.5, 0.6) is 0 Å². The van der Waals surface area contributed by atoms with E-state index in [2.05, 4.69) is 26.1 Å². The van der Waals surface area contributed by atoms with Crippen molar-refractivity contribution in [2.24, 2.45) is 5.92 Å². The normalized spacial score (nSPS) is 21.0. The Morgan fingerprint density at radius 3 is 2.43 bits per heavy atom. The standard InChI is InChI=1S/C19H27NO3/c1-13(2)15-8-10-16(11-9-15)19(22)23-12-18(21)20-17-7-5-4-6-14(17)3/h8-11,13-14,17H,4-7,12H2,1-3H3,(H,20,21)/t14-,17-/m0/s1. The summed E-state index contributed by atoms with van der Waals surface area (Å²) in [6.07, 6.45) is 4.54. The van der Waals surface area contributed by atoms with Gasteiger partial charge in [-0.05, 0) is 42.4 Å². The molecule has 1 amide bonds. The minimum absolute atomic E-state index is 0.209. The molecule has 1 saturated carbocycles. The van der Waals surface area contributed by atoms with E-state index in [1.807, 2.05) is 12.1 Å². The molecular weight excluding hydrogens is 290 g/mol. The average Bonchev–Trinajstić information content (AvgIpc) is 2.55. The summed E-state index contributed by atoms with van der Waals surface area (Å²) in [5, 5.41) is 2.98. The average molecular weight is 317 g/mol. The number of rotatable bonds is 5. The first-order valence-corrected chi connectivity index (χ1v) is 8.54. The van der Waals surface area contributed by atoms with Gasteiger partial charge in [0.2, 0.25) is 0 Å². The number of carbonyl (C=O) groups excluding carboxylic acids is 2. The Morgan fingerprint density at radius 2 is 1.83 bits per heavy atom. The van der Waals surface area contributed by atoms with Gasteiger partial charge in [0, 0.05) is 6.04 Å². The summed E-state index contributed by atoms with van der Waals surface area (Å²) in [5.41, 5.74) is 1.65. The lowest BCUT2D eigenvalue weighted by molar-refractivity contribution is -0.125. The van der Waals surface area contributed by atoms with Crippen LogP contribution < -0.4 is 5.32 Å². The fourth-order valence-corrected chi connectivity index (χ4v) is 3.00. The highest BCUT2D eigenvalue weighted by atomic mass is 16.5. The zero-order valence-corrected chi connectivity index (χ0v) is 14.3. The maximum Gasteiger partial charge on any atom is 0.338 e. The number of hydrogen-bond donors (Lipinski definition) is 1. The van der Waals surface area contributed by atoms with E-state index < -0.39 is 5.97 Å². The molecule has 0 saturated heterocycles. The molecule has 0 heterocycles. The molecule has 0 bridgehead atoms. The number of benzene rings is 1. The first-order valence-electron chi connectivity index (χ1n) is 8.54. The predicted octanol–water partition coefficient (Wildman–Crippen LogP) is 3.66. The van der Waals surface area contributed by atoms with Crippen molar-refractivity contribution < 1.29 is 14.3 Å². The van der Waals surface area contributed by atoms with E-state index in [0.717, 1.165) is 19.3 Å². The minimum atomic E-state index is -0.452. The van der Waals surface area contributed by atoms with Crippen LogP contribution in [-0.4, -0.2) is 24.5 Å². The van der Waals surface area contributed by atoms with Crippen LogP contribution in [0.25, 0.3) is 0 Å². The molecule has 2 atom stereocenters. The molecule has 126 valence electrons. The molecule has 0 radical (unpaired) electrons. The molecule has 1 aromatic rings. The van der Waals surface area contributed by atoms with E-state index in [4.69, 9.17) is 4.74 Å². The van der Waals surface area contributed by atoms with Gasteiger partial charge in [0.05, 0.1) is 5.56 Å². The molecule has 1 N–H and O–H groups in total. The van der Waals surface area contributed by atoms with Crippen LogP contribution in [0.3, 0.4) is 0 Å². The summed E-state index contributed by atoms with van der Waals surface area (Å²) in [4.78, 5) is 23.9. The summed E-state index contributed by atoms with van der Waals surface area (Å²) in [5.74, 6) is 0.248. The second-order valence-electron chi connectivity index (χ2n) is 6.79. The van der Waals surface area contributed by atoms with Crippen LogP contribution in [0, 0.1) is 5.92 Å². The maximum absolute atomic E-state index is 12.0. The topological polar surface area (TPSA) is 55.4 Å². The molecule has 0 aromatic heterocycles. The predicted molar refractivity (Wildman–Crippen MR) is 90.4 cm³/mol. The lowest BCUT2D eigenvalue weighted by atomic mass is 9.86. The fourth-order valence-electron chi connectivity index (χ4n) is 3.00. The Bertz CT molecular complexity index is 536. The molecule has 1 fully saturated rings. The van der Waals surface area contributed by atoms with Gasteiger partial charge in [-0.2, -0.15) is 0 Å². The third-order valence-corrected chi connectivity index (χ3v) is 4.61. The maximum atomic E-state index is 12.0. The summed E-state index contributed by atoms with van der Waals surface area (Å²) >= 11 is 0. The van der Waals surface area contributed by atoms with E-state index in [-0.39, 0.29) is 18.6 Å². The highest BCUT2D eigenvalue weighted by molar-refractivity contribution is 5.91. The van der Waals surface area contributed by atoms with Gasteiger partial charge in [0.25, 0.3) is 5.91 Å². The van der Waals surface area contributed by atoms with Gasteiger partial charge in [-0.15, -0.1) is 0 Å². The van der Waals surface area contributed by atoms with Crippen molar-refractivity contribution in [2.75, 3.05) is 6.61 Å². The summed E-state index contributed by atoms with van der Waals surface area (Å²) in [6.45, 7) is 6.15. The van der Waals surface area contributed by atoms with Gasteiger partial charge in [-0.3, -0.25) is 4.79 Å². The third-order valence-electron chi connectivity index (χ3n) is 4.61. The Balaban J connectivity index is 1.80. The Kier molecular flexibility index (Phi) is 6.20. The summed E-state index contributed by atoms with van der Waals surface area (Å²) in [7, 11) is 0. The number of ether oxygens (including phenoxy) is 1. The first-order chi connectivity index (χ1) is 11.0. The molecule has 0 unspecified atom stereocenters. The van der Waals surface area contributed by atoms with Crippen molar-refractivity contribution >= 4 is 11.9 Å². The third kappa shape index (κ3) is 5.08. The van der Waals surface area contributed by atoms with Gasteiger partial charge < -0.3 is 10.1 Å². The van der Waals surface area contributed by atoms with Crippen molar-refractivity contribution in [3.05, 3.63) is 35.4 Å². The Labute approximate surface area is 138 Å². The lowest BCUT2D eigenvalue weighted by Gasteiger charge is -2.29. The van der Waals surface area contributed by atoms with E-state index >= 15 is 0 Å². The van der Waals surface area contributed by atoms with Crippen LogP contribution in [0.2, 0.25) is 0 Å². The van der Waals surface area contributed by atoms with Crippen molar-refractivity contribution in [3.63, 3.8) is 0 Å². The molecule has 0 spiro atoms. The quantitative estimate of drug-likeness (QED) is 0.843. The first kappa shape index (κ1) is 17.5. The molecule has 4 nitrogen and oxygen atoms in total. The molecule has 4 heteroatoms. The molecule has 0 aliphatic heterocycles. The monoisotopic (exact) mass is 317 g/mol. The fraction of sp³-hybridized carbons (Fsp3) is 0.579. The van der Waals surface area contributed by atoms with Crippen LogP contribution in [0.4, 0.5) is 0 Å². The zero-order chi connectivity index (χ0) is 16.8. The van der Waals surface area contributed by atoms with Crippen LogP contribution in [0.15, 0.2) is 24.3 Å². The van der Waals surface area contributed by atoms with Crippen molar-refractivity contribution in [1.29, 1.82) is 0 Å². The summed E-state index contributed by atoms with van der Waals surface area (Å²) < 4.78 is 5.12. The van der Waals surface area contributed by atoms with Crippen LogP contribution in [0.1, 0.15) is 68.3 Å². The highest BCUT2D eigenvalue weighted by Gasteiger charge is 2.23. The molecule has 1 aliphatic rings. The van der Waals surface area contributed by atoms with Crippen LogP contribution in [-0.2, 0) is 9.53 Å². The van der Waals surface area contributed by atoms with E-state index in [0.29, 0.717) is 17.4 Å². The largest absolute Gasteiger partial charge is 0.452 e. The van der Waals surface area contributed by atoms with Crippen molar-refractivity contribution in [3.8, 4) is 0 Å². The summed E-state index contributed by atoms with van der Waals surface area (Å²) in [6, 6.07) is 7.55. The lowest BCUT2D eigenvalue weighted by Crippen LogP contribution is -2.42. The molecule has 2 rings (SSSR count). The number of carbonyl (C=O) groups is 2. The van der Waals surface area contributed by atoms with Gasteiger partial charge >= 0.3 is 5.97 Å². The number of esters is 1. The second-order valence-corrected chi connectivity index (χ2v) is 6.79. The van der Waals surface area contributed by atoms with Crippen molar-refractivity contribution in [1.82, 2.24) is 5.32 Å². The highest BCUT2D eigenvalue weighted by Crippen LogP contribution is 2.23. The number of nitrogens with one attached hydrogen (secondary N) is 1. The van der Waals surface area contributed by atoms with E-state index in [1.165, 1.54) is 12.0 Å². The zero-order valence-electron chi connectivity index (χ0n) is 14.3. The molecule has 23 heavy (non-hydrogen) atoms. The van der Waals surface area contributed by atoms with Gasteiger partial charge in [0.15, 0.2) is 6.61 Å². The van der Waals surface area contributed by atoms with Gasteiger partial charge in [0.1, 0.15) is 0 Å². The number of hydrogen-bond acceptors (Lipinski definition) is 3. The van der Waals surface area contributed by atoms with Gasteiger partial charge in [-0.25, -0.2) is 4.79 Å². The minimum Gasteiger partial charge on any atom is -0.452 e. The van der Waals surface area contributed by atoms with Gasteiger partial charge in [-0.1, -0.05) is 45.7 Å². The SMILES string of the molecule is CC(C)c1ccc(C(=O)OCC(=O)N[C@H]2CCCC[C@@H]2C)cc1. The van der Waals surface area contributed by atoms with Crippen molar-refractivity contribution in [2.45, 2.75) is 58.4 Å². The van der Waals surface area contributed by atoms with E-state index in [9.17, 15) is 9.59 Å². The number of amides is 1. The van der Waals surface area contributed by atoms with E-state index in [1.54, 1.807) is 12.1 Å².